The second-order valence-corrected chi connectivity index (χ2v) is 5.76. The van der Waals surface area contributed by atoms with Gasteiger partial charge in [-0.15, -0.1) is 0 Å². The number of hydrogen-bond acceptors (Lipinski definition) is 3. The van der Waals surface area contributed by atoms with Gasteiger partial charge in [0.15, 0.2) is 0 Å². The molecule has 2 N–H and O–H groups in total. The lowest BCUT2D eigenvalue weighted by molar-refractivity contribution is -0.127. The first-order valence-corrected chi connectivity index (χ1v) is 7.70. The molecule has 1 heterocycles. The Labute approximate surface area is 138 Å². The Bertz CT molecular complexity index is 704. The third-order valence-corrected chi connectivity index (χ3v) is 4.16. The molecule has 1 fully saturated rings. The third-order valence-electron chi connectivity index (χ3n) is 4.16. The Kier molecular flexibility index (Phi) is 4.87. The molecule has 126 valence electrons. The highest BCUT2D eigenvalue weighted by Gasteiger charge is 2.31. The van der Waals surface area contributed by atoms with E-state index in [1.165, 1.54) is 24.3 Å². The zero-order valence-electron chi connectivity index (χ0n) is 13.0. The summed E-state index contributed by atoms with van der Waals surface area (Å²) < 4.78 is 31.9. The number of hydrogen-bond donors (Lipinski definition) is 1. The first kappa shape index (κ1) is 16.5. The van der Waals surface area contributed by atoms with Crippen molar-refractivity contribution >= 4 is 5.91 Å². The van der Waals surface area contributed by atoms with Crippen LogP contribution in [0.25, 0.3) is 0 Å². The molecule has 2 aromatic carbocycles. The topological polar surface area (TPSA) is 55.6 Å². The third kappa shape index (κ3) is 3.60. The standard InChI is InChI=1S/C18H18F2N2O2/c19-14-5-1-12(2-6-14)16-11-22(9-10-24-16)17(18(21)23)13-3-7-15(20)8-4-13/h1-8,16-17H,9-11H2,(H2,21,23)/t16-,17-/m0/s1. The maximum Gasteiger partial charge on any atom is 0.239 e. The molecule has 0 aliphatic carbocycles. The second-order valence-electron chi connectivity index (χ2n) is 5.76. The molecule has 2 aromatic rings. The molecule has 6 heteroatoms. The highest BCUT2D eigenvalue weighted by Crippen LogP contribution is 2.29. The molecule has 24 heavy (non-hydrogen) atoms. The van der Waals surface area contributed by atoms with E-state index < -0.39 is 11.9 Å². The molecule has 1 amide bonds. The van der Waals surface area contributed by atoms with Crippen LogP contribution in [0, 0.1) is 11.6 Å². The lowest BCUT2D eigenvalue weighted by Crippen LogP contribution is -2.45. The van der Waals surface area contributed by atoms with E-state index in [4.69, 9.17) is 10.5 Å². The van der Waals surface area contributed by atoms with Gasteiger partial charge in [0.1, 0.15) is 17.7 Å². The number of primary amides is 1. The van der Waals surface area contributed by atoms with E-state index in [0.717, 1.165) is 5.56 Å². The van der Waals surface area contributed by atoms with Crippen LogP contribution in [0.3, 0.4) is 0 Å². The van der Waals surface area contributed by atoms with Gasteiger partial charge in [0.05, 0.1) is 12.7 Å². The van der Waals surface area contributed by atoms with Crippen molar-refractivity contribution in [3.8, 4) is 0 Å². The van der Waals surface area contributed by atoms with Crippen molar-refractivity contribution in [1.82, 2.24) is 4.90 Å². The van der Waals surface area contributed by atoms with Crippen LogP contribution in [-0.2, 0) is 9.53 Å². The smallest absolute Gasteiger partial charge is 0.239 e. The van der Waals surface area contributed by atoms with Crippen molar-refractivity contribution in [1.29, 1.82) is 0 Å². The molecule has 1 saturated heterocycles. The van der Waals surface area contributed by atoms with E-state index in [-0.39, 0.29) is 17.7 Å². The lowest BCUT2D eigenvalue weighted by atomic mass is 10.0. The van der Waals surface area contributed by atoms with Crippen LogP contribution in [0.1, 0.15) is 23.3 Å². The number of rotatable bonds is 4. The summed E-state index contributed by atoms with van der Waals surface area (Å²) >= 11 is 0. The van der Waals surface area contributed by atoms with Crippen molar-refractivity contribution < 1.29 is 18.3 Å². The average Bonchev–Trinajstić information content (AvgIpc) is 2.57. The van der Waals surface area contributed by atoms with E-state index in [2.05, 4.69) is 0 Å². The van der Waals surface area contributed by atoms with Crippen molar-refractivity contribution in [2.24, 2.45) is 5.73 Å². The van der Waals surface area contributed by atoms with Gasteiger partial charge in [0.25, 0.3) is 0 Å². The Hall–Kier alpha value is -2.31. The van der Waals surface area contributed by atoms with Crippen LogP contribution in [0.4, 0.5) is 8.78 Å². The fourth-order valence-corrected chi connectivity index (χ4v) is 2.98. The molecule has 0 saturated carbocycles. The second kappa shape index (κ2) is 7.07. The summed E-state index contributed by atoms with van der Waals surface area (Å²) in [6, 6.07) is 11.2. The Morgan fingerprint density at radius 2 is 1.67 bits per heavy atom. The van der Waals surface area contributed by atoms with Crippen LogP contribution in [-0.4, -0.2) is 30.5 Å². The number of carbonyl (C=O) groups excluding carboxylic acids is 1. The number of halogens is 2. The van der Waals surface area contributed by atoms with Crippen molar-refractivity contribution in [2.45, 2.75) is 12.1 Å². The van der Waals surface area contributed by atoms with Crippen LogP contribution < -0.4 is 5.73 Å². The van der Waals surface area contributed by atoms with Crippen molar-refractivity contribution in [3.05, 3.63) is 71.3 Å². The lowest BCUT2D eigenvalue weighted by Gasteiger charge is -2.37. The number of benzene rings is 2. The summed E-state index contributed by atoms with van der Waals surface area (Å²) in [6.07, 6.45) is -0.276. The minimum absolute atomic E-state index is 0.276. The highest BCUT2D eigenvalue weighted by atomic mass is 19.1. The van der Waals surface area contributed by atoms with E-state index in [1.807, 2.05) is 4.90 Å². The molecule has 0 spiro atoms. The van der Waals surface area contributed by atoms with E-state index >= 15 is 0 Å². The summed E-state index contributed by atoms with van der Waals surface area (Å²) in [5.74, 6) is -1.18. The Morgan fingerprint density at radius 3 is 2.25 bits per heavy atom. The zero-order valence-corrected chi connectivity index (χ0v) is 13.0. The summed E-state index contributed by atoms with van der Waals surface area (Å²) in [5.41, 5.74) is 7.06. The number of nitrogens with two attached hydrogens (primary N) is 1. The fourth-order valence-electron chi connectivity index (χ4n) is 2.98. The van der Waals surface area contributed by atoms with Gasteiger partial charge in [-0.05, 0) is 35.4 Å². The number of carbonyl (C=O) groups is 1. The van der Waals surface area contributed by atoms with Gasteiger partial charge < -0.3 is 10.5 Å². The van der Waals surface area contributed by atoms with Gasteiger partial charge in [-0.25, -0.2) is 8.78 Å². The average molecular weight is 332 g/mol. The predicted octanol–water partition coefficient (Wildman–Crippen LogP) is 2.56. The van der Waals surface area contributed by atoms with Gasteiger partial charge in [0.2, 0.25) is 5.91 Å². The number of ether oxygens (including phenoxy) is 1. The van der Waals surface area contributed by atoms with Gasteiger partial charge in [-0.1, -0.05) is 24.3 Å². The molecule has 1 aliphatic heterocycles. The molecule has 3 rings (SSSR count). The minimum atomic E-state index is -0.655. The predicted molar refractivity (Wildman–Crippen MR) is 85.0 cm³/mol. The molecule has 0 aromatic heterocycles. The normalized spacial score (nSPS) is 19.8. The molecule has 0 unspecified atom stereocenters. The number of amides is 1. The monoisotopic (exact) mass is 332 g/mol. The largest absolute Gasteiger partial charge is 0.371 e. The molecular formula is C18H18F2N2O2. The first-order chi connectivity index (χ1) is 11.5. The molecule has 2 atom stereocenters. The molecular weight excluding hydrogens is 314 g/mol. The SMILES string of the molecule is NC(=O)[C@H](c1ccc(F)cc1)N1CCO[C@H](c2ccc(F)cc2)C1. The summed E-state index contributed by atoms with van der Waals surface area (Å²) in [5, 5.41) is 0. The summed E-state index contributed by atoms with van der Waals surface area (Å²) in [4.78, 5) is 13.9. The Morgan fingerprint density at radius 1 is 1.08 bits per heavy atom. The molecule has 4 nitrogen and oxygen atoms in total. The summed E-state index contributed by atoms with van der Waals surface area (Å²) in [6.45, 7) is 1.40. The first-order valence-electron chi connectivity index (χ1n) is 7.70. The summed E-state index contributed by atoms with van der Waals surface area (Å²) in [7, 11) is 0. The van der Waals surface area contributed by atoms with Crippen LogP contribution >= 0.6 is 0 Å². The van der Waals surface area contributed by atoms with Crippen molar-refractivity contribution in [2.75, 3.05) is 19.7 Å². The number of morpholine rings is 1. The molecule has 0 radical (unpaired) electrons. The quantitative estimate of drug-likeness (QED) is 0.936. The number of nitrogens with zero attached hydrogens (tertiary/aromatic N) is 1. The van der Waals surface area contributed by atoms with Crippen LogP contribution in [0.2, 0.25) is 0 Å². The Balaban J connectivity index is 1.82. The van der Waals surface area contributed by atoms with E-state index in [0.29, 0.717) is 25.3 Å². The van der Waals surface area contributed by atoms with Gasteiger partial charge in [-0.3, -0.25) is 9.69 Å². The van der Waals surface area contributed by atoms with E-state index in [9.17, 15) is 13.6 Å². The molecule has 1 aliphatic rings. The highest BCUT2D eigenvalue weighted by molar-refractivity contribution is 5.81. The minimum Gasteiger partial charge on any atom is -0.371 e. The van der Waals surface area contributed by atoms with Gasteiger partial charge in [-0.2, -0.15) is 0 Å². The van der Waals surface area contributed by atoms with Gasteiger partial charge in [0, 0.05) is 13.1 Å². The van der Waals surface area contributed by atoms with Crippen molar-refractivity contribution in [3.63, 3.8) is 0 Å². The molecule has 0 bridgehead atoms. The fraction of sp³-hybridized carbons (Fsp3) is 0.278. The maximum absolute atomic E-state index is 13.1. The maximum atomic E-state index is 13.1. The van der Waals surface area contributed by atoms with Crippen LogP contribution in [0.5, 0.6) is 0 Å². The van der Waals surface area contributed by atoms with Gasteiger partial charge >= 0.3 is 0 Å². The van der Waals surface area contributed by atoms with E-state index in [1.54, 1.807) is 24.3 Å². The zero-order chi connectivity index (χ0) is 17.1. The van der Waals surface area contributed by atoms with Crippen LogP contribution in [0.15, 0.2) is 48.5 Å².